The van der Waals surface area contributed by atoms with Gasteiger partial charge in [0.25, 0.3) is 11.8 Å². The Balaban J connectivity index is 1.58. The van der Waals surface area contributed by atoms with Gasteiger partial charge in [0, 0.05) is 31.3 Å². The standard InChI is InChI=1S/C21H27N3O3/c1-23(14-15-24-12-4-2-3-5-13-24)21(26)17-8-6-16(7-9-17)18-10-11-19(27-18)20(22)25/h6-11H,2-5,12-15H2,1H3,(H2,22,25). The van der Waals surface area contributed by atoms with Crippen LogP contribution in [-0.4, -0.2) is 54.8 Å². The lowest BCUT2D eigenvalue weighted by Crippen LogP contribution is -2.36. The van der Waals surface area contributed by atoms with Crippen LogP contribution in [0, 0.1) is 0 Å². The van der Waals surface area contributed by atoms with Gasteiger partial charge in [-0.2, -0.15) is 0 Å². The summed E-state index contributed by atoms with van der Waals surface area (Å²) in [5.41, 5.74) is 6.64. The highest BCUT2D eigenvalue weighted by Crippen LogP contribution is 2.22. The SMILES string of the molecule is CN(CCN1CCCCCC1)C(=O)c1ccc(-c2ccc(C(N)=O)o2)cc1. The monoisotopic (exact) mass is 369 g/mol. The third-order valence-corrected chi connectivity index (χ3v) is 5.06. The first-order chi connectivity index (χ1) is 13.0. The number of primary amides is 1. The number of likely N-dealkylation sites (N-methyl/N-ethyl adjacent to an activating group) is 1. The summed E-state index contributed by atoms with van der Waals surface area (Å²) < 4.78 is 5.42. The van der Waals surface area contributed by atoms with Gasteiger partial charge in [-0.25, -0.2) is 0 Å². The van der Waals surface area contributed by atoms with E-state index in [1.54, 1.807) is 29.2 Å². The van der Waals surface area contributed by atoms with E-state index in [-0.39, 0.29) is 11.7 Å². The van der Waals surface area contributed by atoms with Crippen molar-refractivity contribution >= 4 is 11.8 Å². The third-order valence-electron chi connectivity index (χ3n) is 5.06. The summed E-state index contributed by atoms with van der Waals surface area (Å²) in [5.74, 6) is 0.0865. The van der Waals surface area contributed by atoms with Crippen molar-refractivity contribution in [2.24, 2.45) is 5.73 Å². The zero-order chi connectivity index (χ0) is 19.2. The van der Waals surface area contributed by atoms with Crippen LogP contribution in [0.4, 0.5) is 0 Å². The van der Waals surface area contributed by atoms with Crippen LogP contribution in [0.3, 0.4) is 0 Å². The van der Waals surface area contributed by atoms with Gasteiger partial charge in [-0.1, -0.05) is 25.0 Å². The molecule has 1 aromatic heterocycles. The van der Waals surface area contributed by atoms with Crippen molar-refractivity contribution in [3.8, 4) is 11.3 Å². The van der Waals surface area contributed by atoms with E-state index < -0.39 is 5.91 Å². The van der Waals surface area contributed by atoms with E-state index in [1.165, 1.54) is 25.7 Å². The number of hydrogen-bond donors (Lipinski definition) is 1. The fourth-order valence-electron chi connectivity index (χ4n) is 3.38. The summed E-state index contributed by atoms with van der Waals surface area (Å²) in [7, 11) is 1.85. The normalized spacial score (nSPS) is 15.3. The molecule has 6 heteroatoms. The number of amides is 2. The molecule has 1 fully saturated rings. The minimum atomic E-state index is -0.598. The highest BCUT2D eigenvalue weighted by Gasteiger charge is 2.15. The van der Waals surface area contributed by atoms with Crippen LogP contribution in [0.25, 0.3) is 11.3 Å². The first kappa shape index (κ1) is 19.2. The summed E-state index contributed by atoms with van der Waals surface area (Å²) in [6.07, 6.45) is 5.13. The quantitative estimate of drug-likeness (QED) is 0.849. The predicted octanol–water partition coefficient (Wildman–Crippen LogP) is 2.99. The zero-order valence-electron chi connectivity index (χ0n) is 15.8. The number of nitrogens with two attached hydrogens (primary N) is 1. The van der Waals surface area contributed by atoms with Gasteiger partial charge in [-0.3, -0.25) is 9.59 Å². The highest BCUT2D eigenvalue weighted by atomic mass is 16.3. The van der Waals surface area contributed by atoms with E-state index in [2.05, 4.69) is 4.90 Å². The molecule has 1 saturated heterocycles. The molecule has 0 unspecified atom stereocenters. The molecule has 1 aliphatic rings. The van der Waals surface area contributed by atoms with Gasteiger partial charge in [-0.05, 0) is 50.2 Å². The molecule has 0 bridgehead atoms. The van der Waals surface area contributed by atoms with Crippen LogP contribution in [-0.2, 0) is 0 Å². The van der Waals surface area contributed by atoms with Crippen molar-refractivity contribution < 1.29 is 14.0 Å². The molecule has 6 nitrogen and oxygen atoms in total. The molecule has 0 spiro atoms. The molecule has 0 atom stereocenters. The van der Waals surface area contributed by atoms with Gasteiger partial charge in [-0.15, -0.1) is 0 Å². The average Bonchev–Trinajstić information content (AvgIpc) is 3.04. The van der Waals surface area contributed by atoms with Gasteiger partial charge in [0.05, 0.1) is 0 Å². The van der Waals surface area contributed by atoms with Crippen molar-refractivity contribution in [1.29, 1.82) is 0 Å². The molecular formula is C21H27N3O3. The van der Waals surface area contributed by atoms with E-state index in [0.29, 0.717) is 11.3 Å². The number of furan rings is 1. The third kappa shape index (κ3) is 4.98. The molecule has 2 heterocycles. The first-order valence-corrected chi connectivity index (χ1v) is 9.52. The Morgan fingerprint density at radius 1 is 1.04 bits per heavy atom. The minimum absolute atomic E-state index is 0.00800. The maximum atomic E-state index is 12.6. The lowest BCUT2D eigenvalue weighted by molar-refractivity contribution is 0.0778. The molecule has 2 amide bonds. The summed E-state index contributed by atoms with van der Waals surface area (Å²) in [6.45, 7) is 3.91. The minimum Gasteiger partial charge on any atom is -0.451 e. The maximum Gasteiger partial charge on any atom is 0.284 e. The second-order valence-electron chi connectivity index (χ2n) is 7.09. The van der Waals surface area contributed by atoms with Crippen LogP contribution in [0.1, 0.15) is 46.6 Å². The molecule has 1 aromatic carbocycles. The number of benzene rings is 1. The maximum absolute atomic E-state index is 12.6. The molecule has 2 N–H and O–H groups in total. The van der Waals surface area contributed by atoms with E-state index >= 15 is 0 Å². The van der Waals surface area contributed by atoms with Gasteiger partial charge in [0.15, 0.2) is 5.76 Å². The molecule has 0 saturated carbocycles. The summed E-state index contributed by atoms with van der Waals surface area (Å²) in [6, 6.07) is 10.5. The van der Waals surface area contributed by atoms with Crippen molar-refractivity contribution in [3.63, 3.8) is 0 Å². The molecule has 0 radical (unpaired) electrons. The van der Waals surface area contributed by atoms with E-state index in [1.807, 2.05) is 19.2 Å². The number of hydrogen-bond acceptors (Lipinski definition) is 4. The summed E-state index contributed by atoms with van der Waals surface area (Å²) >= 11 is 0. The fraction of sp³-hybridized carbons (Fsp3) is 0.429. The topological polar surface area (TPSA) is 79.8 Å². The van der Waals surface area contributed by atoms with Crippen molar-refractivity contribution in [3.05, 3.63) is 47.7 Å². The highest BCUT2D eigenvalue weighted by molar-refractivity contribution is 5.94. The van der Waals surface area contributed by atoms with E-state index in [4.69, 9.17) is 10.2 Å². The molecular weight excluding hydrogens is 342 g/mol. The second-order valence-corrected chi connectivity index (χ2v) is 7.09. The molecule has 2 aromatic rings. The second kappa shape index (κ2) is 8.86. The average molecular weight is 369 g/mol. The Morgan fingerprint density at radius 2 is 1.70 bits per heavy atom. The number of carbonyl (C=O) groups is 2. The molecule has 1 aliphatic heterocycles. The van der Waals surface area contributed by atoms with Crippen LogP contribution < -0.4 is 5.73 Å². The van der Waals surface area contributed by atoms with Crippen LogP contribution in [0.15, 0.2) is 40.8 Å². The molecule has 27 heavy (non-hydrogen) atoms. The Labute approximate surface area is 159 Å². The summed E-state index contributed by atoms with van der Waals surface area (Å²) in [4.78, 5) is 28.0. The van der Waals surface area contributed by atoms with Crippen molar-refractivity contribution in [2.75, 3.05) is 33.2 Å². The lowest BCUT2D eigenvalue weighted by atomic mass is 10.1. The Morgan fingerprint density at radius 3 is 2.30 bits per heavy atom. The Kier molecular flexibility index (Phi) is 6.29. The number of rotatable bonds is 6. The molecule has 3 rings (SSSR count). The smallest absolute Gasteiger partial charge is 0.284 e. The zero-order valence-corrected chi connectivity index (χ0v) is 15.8. The Bertz CT molecular complexity index is 774. The lowest BCUT2D eigenvalue weighted by Gasteiger charge is -2.24. The van der Waals surface area contributed by atoms with Gasteiger partial charge in [0.2, 0.25) is 0 Å². The van der Waals surface area contributed by atoms with Gasteiger partial charge in [0.1, 0.15) is 5.76 Å². The van der Waals surface area contributed by atoms with Crippen LogP contribution >= 0.6 is 0 Å². The van der Waals surface area contributed by atoms with Crippen LogP contribution in [0.5, 0.6) is 0 Å². The van der Waals surface area contributed by atoms with Crippen LogP contribution in [0.2, 0.25) is 0 Å². The summed E-state index contributed by atoms with van der Waals surface area (Å²) in [5, 5.41) is 0. The first-order valence-electron chi connectivity index (χ1n) is 9.52. The molecule has 0 aliphatic carbocycles. The van der Waals surface area contributed by atoms with E-state index in [0.717, 1.165) is 31.7 Å². The van der Waals surface area contributed by atoms with E-state index in [9.17, 15) is 9.59 Å². The molecule has 144 valence electrons. The van der Waals surface area contributed by atoms with Gasteiger partial charge < -0.3 is 20.0 Å². The van der Waals surface area contributed by atoms with Crippen molar-refractivity contribution in [2.45, 2.75) is 25.7 Å². The number of carbonyl (C=O) groups excluding carboxylic acids is 2. The largest absolute Gasteiger partial charge is 0.451 e. The van der Waals surface area contributed by atoms with Crippen molar-refractivity contribution in [1.82, 2.24) is 9.80 Å². The number of likely N-dealkylation sites (tertiary alicyclic amines) is 1. The Hall–Kier alpha value is -2.60. The van der Waals surface area contributed by atoms with Gasteiger partial charge >= 0.3 is 0 Å². The fourth-order valence-corrected chi connectivity index (χ4v) is 3.38. The number of nitrogens with zero attached hydrogens (tertiary/aromatic N) is 2. The predicted molar refractivity (Wildman–Crippen MR) is 105 cm³/mol.